The number of rotatable bonds is 5. The van der Waals surface area contributed by atoms with Gasteiger partial charge in [-0.2, -0.15) is 0 Å². The minimum Gasteiger partial charge on any atom is -0.459 e. The van der Waals surface area contributed by atoms with Crippen LogP contribution in [-0.4, -0.2) is 23.7 Å². The summed E-state index contributed by atoms with van der Waals surface area (Å²) in [5.41, 5.74) is 0. The number of carbonyl (C=O) groups excluding carboxylic acids is 1. The average molecular weight is 197 g/mol. The first-order valence-corrected chi connectivity index (χ1v) is 4.73. The fourth-order valence-electron chi connectivity index (χ4n) is 1.20. The van der Waals surface area contributed by atoms with Gasteiger partial charge < -0.3 is 14.8 Å². The molecule has 4 nitrogen and oxygen atoms in total. The monoisotopic (exact) mass is 197 g/mol. The van der Waals surface area contributed by atoms with Crippen LogP contribution in [0.2, 0.25) is 0 Å². The lowest BCUT2D eigenvalue weighted by atomic mass is 10.1. The molecule has 0 fully saturated rings. The van der Waals surface area contributed by atoms with Gasteiger partial charge in [0.05, 0.1) is 6.26 Å². The Balaban J connectivity index is 2.47. The lowest BCUT2D eigenvalue weighted by molar-refractivity contribution is 0.0901. The Morgan fingerprint density at radius 3 is 3.00 bits per heavy atom. The summed E-state index contributed by atoms with van der Waals surface area (Å²) < 4.78 is 4.94. The third-order valence-corrected chi connectivity index (χ3v) is 2.05. The number of hydrogen-bond donors (Lipinski definition) is 2. The molecule has 0 bridgehead atoms. The first kappa shape index (κ1) is 10.8. The Morgan fingerprint density at radius 2 is 2.50 bits per heavy atom. The number of aliphatic hydroxyl groups excluding tert-OH is 1. The maximum atomic E-state index is 11.5. The molecule has 0 aliphatic carbocycles. The van der Waals surface area contributed by atoms with E-state index in [0.29, 0.717) is 12.2 Å². The fraction of sp³-hybridized carbons (Fsp3) is 0.500. The highest BCUT2D eigenvalue weighted by atomic mass is 16.3. The SMILES string of the molecule is CCC(CCO)NC(=O)c1ccco1. The molecule has 14 heavy (non-hydrogen) atoms. The van der Waals surface area contributed by atoms with Gasteiger partial charge in [0, 0.05) is 12.6 Å². The molecule has 1 amide bonds. The zero-order chi connectivity index (χ0) is 10.4. The molecule has 1 rings (SSSR count). The molecule has 0 radical (unpaired) electrons. The van der Waals surface area contributed by atoms with Gasteiger partial charge in [-0.15, -0.1) is 0 Å². The molecular formula is C10H15NO3. The summed E-state index contributed by atoms with van der Waals surface area (Å²) >= 11 is 0. The number of aliphatic hydroxyl groups is 1. The molecule has 1 heterocycles. The van der Waals surface area contributed by atoms with Gasteiger partial charge in [0.1, 0.15) is 0 Å². The molecule has 0 aliphatic heterocycles. The molecule has 0 saturated heterocycles. The molecule has 1 unspecified atom stereocenters. The number of amides is 1. The molecule has 0 spiro atoms. The first-order chi connectivity index (χ1) is 6.77. The van der Waals surface area contributed by atoms with Crippen LogP contribution in [0.25, 0.3) is 0 Å². The van der Waals surface area contributed by atoms with Gasteiger partial charge in [0.2, 0.25) is 0 Å². The van der Waals surface area contributed by atoms with Gasteiger partial charge in [-0.3, -0.25) is 4.79 Å². The van der Waals surface area contributed by atoms with Crippen LogP contribution in [0, 0.1) is 0 Å². The van der Waals surface area contributed by atoms with Crippen LogP contribution in [0.4, 0.5) is 0 Å². The van der Waals surface area contributed by atoms with E-state index in [2.05, 4.69) is 5.32 Å². The van der Waals surface area contributed by atoms with Crippen molar-refractivity contribution in [1.82, 2.24) is 5.32 Å². The average Bonchev–Trinajstić information content (AvgIpc) is 2.69. The van der Waals surface area contributed by atoms with Crippen molar-refractivity contribution < 1.29 is 14.3 Å². The second-order valence-corrected chi connectivity index (χ2v) is 3.07. The van der Waals surface area contributed by atoms with E-state index in [4.69, 9.17) is 9.52 Å². The zero-order valence-electron chi connectivity index (χ0n) is 8.19. The van der Waals surface area contributed by atoms with Crippen molar-refractivity contribution in [3.63, 3.8) is 0 Å². The van der Waals surface area contributed by atoms with Crippen LogP contribution in [-0.2, 0) is 0 Å². The predicted molar refractivity (Wildman–Crippen MR) is 52.0 cm³/mol. The first-order valence-electron chi connectivity index (χ1n) is 4.73. The third-order valence-electron chi connectivity index (χ3n) is 2.05. The molecule has 4 heteroatoms. The summed E-state index contributed by atoms with van der Waals surface area (Å²) in [6.07, 6.45) is 2.83. The number of furan rings is 1. The Kier molecular flexibility index (Phi) is 4.19. The second kappa shape index (κ2) is 5.44. The minimum absolute atomic E-state index is 0.0117. The molecule has 0 saturated carbocycles. The Bertz CT molecular complexity index is 269. The zero-order valence-corrected chi connectivity index (χ0v) is 8.19. The van der Waals surface area contributed by atoms with E-state index < -0.39 is 0 Å². The highest BCUT2D eigenvalue weighted by molar-refractivity contribution is 5.91. The smallest absolute Gasteiger partial charge is 0.287 e. The number of hydrogen-bond acceptors (Lipinski definition) is 3. The molecule has 1 aromatic rings. The van der Waals surface area contributed by atoms with E-state index in [1.165, 1.54) is 6.26 Å². The van der Waals surface area contributed by atoms with E-state index in [-0.39, 0.29) is 18.6 Å². The molecule has 0 aliphatic rings. The Hall–Kier alpha value is -1.29. The van der Waals surface area contributed by atoms with Crippen LogP contribution >= 0.6 is 0 Å². The second-order valence-electron chi connectivity index (χ2n) is 3.07. The Morgan fingerprint density at radius 1 is 1.71 bits per heavy atom. The van der Waals surface area contributed by atoms with Crippen molar-refractivity contribution in [2.75, 3.05) is 6.61 Å². The summed E-state index contributed by atoms with van der Waals surface area (Å²) in [5.74, 6) is 0.0803. The van der Waals surface area contributed by atoms with Crippen LogP contribution in [0.1, 0.15) is 30.3 Å². The predicted octanol–water partition coefficient (Wildman–Crippen LogP) is 1.17. The van der Waals surface area contributed by atoms with Gasteiger partial charge in [0.25, 0.3) is 5.91 Å². The van der Waals surface area contributed by atoms with Crippen molar-refractivity contribution in [2.24, 2.45) is 0 Å². The van der Waals surface area contributed by atoms with E-state index in [0.717, 1.165) is 6.42 Å². The maximum Gasteiger partial charge on any atom is 0.287 e. The normalized spacial score (nSPS) is 12.4. The standard InChI is InChI=1S/C10H15NO3/c1-2-8(5-6-12)11-10(13)9-4-3-7-14-9/h3-4,7-8,12H,2,5-6H2,1H3,(H,11,13). The van der Waals surface area contributed by atoms with Crippen LogP contribution in [0.15, 0.2) is 22.8 Å². The molecule has 0 aromatic carbocycles. The van der Waals surface area contributed by atoms with Crippen molar-refractivity contribution in [1.29, 1.82) is 0 Å². The van der Waals surface area contributed by atoms with Gasteiger partial charge in [-0.05, 0) is 25.0 Å². The quantitative estimate of drug-likeness (QED) is 0.744. The van der Waals surface area contributed by atoms with E-state index in [9.17, 15) is 4.79 Å². The van der Waals surface area contributed by atoms with Crippen LogP contribution in [0.5, 0.6) is 0 Å². The number of carbonyl (C=O) groups is 1. The van der Waals surface area contributed by atoms with E-state index in [1.807, 2.05) is 6.92 Å². The topological polar surface area (TPSA) is 62.5 Å². The van der Waals surface area contributed by atoms with Gasteiger partial charge in [-0.1, -0.05) is 6.92 Å². The molecule has 1 aromatic heterocycles. The largest absolute Gasteiger partial charge is 0.459 e. The molecule has 1 atom stereocenters. The van der Waals surface area contributed by atoms with Gasteiger partial charge >= 0.3 is 0 Å². The fourth-order valence-corrected chi connectivity index (χ4v) is 1.20. The van der Waals surface area contributed by atoms with Gasteiger partial charge in [-0.25, -0.2) is 0 Å². The third kappa shape index (κ3) is 2.88. The van der Waals surface area contributed by atoms with Crippen molar-refractivity contribution in [3.8, 4) is 0 Å². The lowest BCUT2D eigenvalue weighted by Gasteiger charge is -2.14. The highest BCUT2D eigenvalue weighted by Gasteiger charge is 2.13. The van der Waals surface area contributed by atoms with Crippen molar-refractivity contribution >= 4 is 5.91 Å². The summed E-state index contributed by atoms with van der Waals surface area (Å²) in [5, 5.41) is 11.5. The molecule has 2 N–H and O–H groups in total. The summed E-state index contributed by atoms with van der Waals surface area (Å²) in [6.45, 7) is 2.04. The lowest BCUT2D eigenvalue weighted by Crippen LogP contribution is -2.34. The number of nitrogens with one attached hydrogen (secondary N) is 1. The van der Waals surface area contributed by atoms with E-state index >= 15 is 0 Å². The Labute approximate surface area is 82.9 Å². The van der Waals surface area contributed by atoms with Gasteiger partial charge in [0.15, 0.2) is 5.76 Å². The van der Waals surface area contributed by atoms with E-state index in [1.54, 1.807) is 12.1 Å². The highest BCUT2D eigenvalue weighted by Crippen LogP contribution is 2.02. The summed E-state index contributed by atoms with van der Waals surface area (Å²) in [7, 11) is 0. The maximum absolute atomic E-state index is 11.5. The van der Waals surface area contributed by atoms with Crippen LogP contribution in [0.3, 0.4) is 0 Å². The molecule has 78 valence electrons. The summed E-state index contributed by atoms with van der Waals surface area (Å²) in [4.78, 5) is 11.5. The minimum atomic E-state index is -0.227. The summed E-state index contributed by atoms with van der Waals surface area (Å²) in [6, 6.07) is 3.29. The van der Waals surface area contributed by atoms with Crippen molar-refractivity contribution in [2.45, 2.75) is 25.8 Å². The molecular weight excluding hydrogens is 182 g/mol. The van der Waals surface area contributed by atoms with Crippen LogP contribution < -0.4 is 5.32 Å². The van der Waals surface area contributed by atoms with Crippen molar-refractivity contribution in [3.05, 3.63) is 24.2 Å².